The maximum absolute atomic E-state index is 13.6. The molecule has 108 valence electrons. The molecule has 2 rings (SSSR count). The maximum Gasteiger partial charge on any atom is 0.307 e. The normalized spacial score (nSPS) is 22.3. The van der Waals surface area contributed by atoms with E-state index < -0.39 is 29.5 Å². The van der Waals surface area contributed by atoms with Crippen molar-refractivity contribution in [1.29, 1.82) is 0 Å². The van der Waals surface area contributed by atoms with Crippen LogP contribution in [0.2, 0.25) is 0 Å². The highest BCUT2D eigenvalue weighted by molar-refractivity contribution is 5.95. The number of carbonyl (C=O) groups excluding carboxylic acids is 1. The van der Waals surface area contributed by atoms with Gasteiger partial charge in [0.25, 0.3) is 0 Å². The second-order valence-corrected chi connectivity index (χ2v) is 5.31. The number of benzene rings is 1. The number of hydrogen-bond donors (Lipinski definition) is 2. The summed E-state index contributed by atoms with van der Waals surface area (Å²) in [5.41, 5.74) is 0.949. The van der Waals surface area contributed by atoms with Gasteiger partial charge in [0, 0.05) is 0 Å². The van der Waals surface area contributed by atoms with E-state index in [4.69, 9.17) is 5.11 Å². The van der Waals surface area contributed by atoms with E-state index in [1.807, 2.05) is 0 Å². The van der Waals surface area contributed by atoms with Crippen LogP contribution < -0.4 is 5.32 Å². The lowest BCUT2D eigenvalue weighted by Gasteiger charge is -2.27. The van der Waals surface area contributed by atoms with Gasteiger partial charge in [-0.05, 0) is 37.5 Å². The molecule has 2 atom stereocenters. The third-order valence-electron chi connectivity index (χ3n) is 3.80. The predicted molar refractivity (Wildman–Crippen MR) is 72.9 cm³/mol. The van der Waals surface area contributed by atoms with E-state index in [2.05, 4.69) is 5.32 Å². The van der Waals surface area contributed by atoms with Crippen LogP contribution in [0.5, 0.6) is 0 Å². The summed E-state index contributed by atoms with van der Waals surface area (Å²) in [6.07, 6.45) is 2.69. The summed E-state index contributed by atoms with van der Waals surface area (Å²) in [5, 5.41) is 11.7. The molecule has 0 aromatic heterocycles. The average molecular weight is 279 g/mol. The van der Waals surface area contributed by atoms with Crippen molar-refractivity contribution in [3.8, 4) is 0 Å². The van der Waals surface area contributed by atoms with Gasteiger partial charge in [-0.25, -0.2) is 4.39 Å². The Kier molecular flexibility index (Phi) is 4.37. The molecule has 2 N–H and O–H groups in total. The Hall–Kier alpha value is -1.91. The van der Waals surface area contributed by atoms with E-state index in [1.165, 1.54) is 6.07 Å². The zero-order chi connectivity index (χ0) is 14.7. The fourth-order valence-electron chi connectivity index (χ4n) is 2.70. The molecule has 20 heavy (non-hydrogen) atoms. The molecular weight excluding hydrogens is 261 g/mol. The molecule has 0 radical (unpaired) electrons. The number of carboxylic acids is 1. The average Bonchev–Trinajstić information content (AvgIpc) is 2.42. The fraction of sp³-hybridized carbons (Fsp3) is 0.467. The Bertz CT molecular complexity index is 530. The van der Waals surface area contributed by atoms with E-state index in [0.29, 0.717) is 12.8 Å². The van der Waals surface area contributed by atoms with Crippen molar-refractivity contribution in [3.05, 3.63) is 29.6 Å². The lowest BCUT2D eigenvalue weighted by atomic mass is 9.78. The molecule has 1 amide bonds. The van der Waals surface area contributed by atoms with Crippen LogP contribution in [0.3, 0.4) is 0 Å². The smallest absolute Gasteiger partial charge is 0.307 e. The first-order valence-electron chi connectivity index (χ1n) is 6.79. The second-order valence-electron chi connectivity index (χ2n) is 5.31. The van der Waals surface area contributed by atoms with Crippen molar-refractivity contribution >= 4 is 17.6 Å². The van der Waals surface area contributed by atoms with Gasteiger partial charge >= 0.3 is 5.97 Å². The van der Waals surface area contributed by atoms with Gasteiger partial charge in [0.15, 0.2) is 0 Å². The maximum atomic E-state index is 13.6. The fourth-order valence-corrected chi connectivity index (χ4v) is 2.70. The van der Waals surface area contributed by atoms with Gasteiger partial charge in [-0.1, -0.05) is 18.9 Å². The van der Waals surface area contributed by atoms with Crippen LogP contribution in [0.15, 0.2) is 18.2 Å². The molecule has 1 fully saturated rings. The van der Waals surface area contributed by atoms with Gasteiger partial charge in [-0.15, -0.1) is 0 Å². The van der Waals surface area contributed by atoms with Gasteiger partial charge in [0.05, 0.1) is 17.5 Å². The second kappa shape index (κ2) is 6.03. The number of rotatable bonds is 3. The third kappa shape index (κ3) is 3.15. The van der Waals surface area contributed by atoms with Crippen LogP contribution in [0.1, 0.15) is 31.2 Å². The van der Waals surface area contributed by atoms with E-state index >= 15 is 0 Å². The largest absolute Gasteiger partial charge is 0.481 e. The molecule has 1 saturated carbocycles. The quantitative estimate of drug-likeness (QED) is 0.894. The van der Waals surface area contributed by atoms with Crippen LogP contribution in [0.4, 0.5) is 10.1 Å². The SMILES string of the molecule is Cc1ccc(F)c(NC(=O)[C@@H]2CCCC[C@@H]2C(=O)O)c1. The Morgan fingerprint density at radius 2 is 1.90 bits per heavy atom. The van der Waals surface area contributed by atoms with Gasteiger partial charge in [0.1, 0.15) is 5.82 Å². The molecule has 0 heterocycles. The van der Waals surface area contributed by atoms with Gasteiger partial charge < -0.3 is 10.4 Å². The Morgan fingerprint density at radius 3 is 2.55 bits per heavy atom. The van der Waals surface area contributed by atoms with Crippen molar-refractivity contribution in [3.63, 3.8) is 0 Å². The number of carboxylic acid groups (broad SMARTS) is 1. The molecule has 0 saturated heterocycles. The van der Waals surface area contributed by atoms with Gasteiger partial charge in [-0.3, -0.25) is 9.59 Å². The number of halogens is 1. The zero-order valence-electron chi connectivity index (χ0n) is 11.4. The van der Waals surface area contributed by atoms with Crippen molar-refractivity contribution < 1.29 is 19.1 Å². The molecule has 1 aliphatic carbocycles. The Morgan fingerprint density at radius 1 is 1.25 bits per heavy atom. The molecular formula is C15H18FNO3. The van der Waals surface area contributed by atoms with Crippen LogP contribution in [-0.2, 0) is 9.59 Å². The first-order valence-corrected chi connectivity index (χ1v) is 6.79. The molecule has 0 spiro atoms. The number of aliphatic carboxylic acids is 1. The molecule has 5 heteroatoms. The van der Waals surface area contributed by atoms with E-state index in [9.17, 15) is 14.0 Å². The van der Waals surface area contributed by atoms with Crippen molar-refractivity contribution in [2.24, 2.45) is 11.8 Å². The molecule has 0 aliphatic heterocycles. The monoisotopic (exact) mass is 279 g/mol. The van der Waals surface area contributed by atoms with Gasteiger partial charge in [0.2, 0.25) is 5.91 Å². The standard InChI is InChI=1S/C15H18FNO3/c1-9-6-7-12(16)13(8-9)17-14(18)10-4-2-3-5-11(10)15(19)20/h6-8,10-11H,2-5H2,1H3,(H,17,18)(H,19,20)/t10-,11+/m1/s1. The van der Waals surface area contributed by atoms with Crippen LogP contribution in [-0.4, -0.2) is 17.0 Å². The number of carbonyl (C=O) groups is 2. The molecule has 0 bridgehead atoms. The highest BCUT2D eigenvalue weighted by atomic mass is 19.1. The van der Waals surface area contributed by atoms with Crippen LogP contribution in [0, 0.1) is 24.6 Å². The Balaban J connectivity index is 2.14. The highest BCUT2D eigenvalue weighted by Crippen LogP contribution is 2.31. The summed E-state index contributed by atoms with van der Waals surface area (Å²) in [6.45, 7) is 1.80. The number of nitrogens with one attached hydrogen (secondary N) is 1. The van der Waals surface area contributed by atoms with Crippen molar-refractivity contribution in [2.45, 2.75) is 32.6 Å². The van der Waals surface area contributed by atoms with Crippen molar-refractivity contribution in [1.82, 2.24) is 0 Å². The predicted octanol–water partition coefficient (Wildman–Crippen LogP) is 2.96. The minimum absolute atomic E-state index is 0.115. The molecule has 1 aliphatic rings. The Labute approximate surface area is 117 Å². The summed E-state index contributed by atoms with van der Waals surface area (Å²) in [5.74, 6) is -3.11. The number of amides is 1. The topological polar surface area (TPSA) is 66.4 Å². The molecule has 4 nitrogen and oxygen atoms in total. The first-order chi connectivity index (χ1) is 9.49. The van der Waals surface area contributed by atoms with E-state index in [0.717, 1.165) is 18.4 Å². The summed E-state index contributed by atoms with van der Waals surface area (Å²) in [4.78, 5) is 23.4. The van der Waals surface area contributed by atoms with Crippen molar-refractivity contribution in [2.75, 3.05) is 5.32 Å². The first kappa shape index (κ1) is 14.5. The van der Waals surface area contributed by atoms with Crippen LogP contribution >= 0.6 is 0 Å². The lowest BCUT2D eigenvalue weighted by Crippen LogP contribution is -2.36. The minimum atomic E-state index is -0.949. The number of anilines is 1. The lowest BCUT2D eigenvalue weighted by molar-refractivity contribution is -0.147. The van der Waals surface area contributed by atoms with E-state index in [1.54, 1.807) is 19.1 Å². The number of aryl methyl sites for hydroxylation is 1. The summed E-state index contributed by atoms with van der Waals surface area (Å²) in [6, 6.07) is 4.46. The summed E-state index contributed by atoms with van der Waals surface area (Å²) < 4.78 is 13.6. The third-order valence-corrected chi connectivity index (χ3v) is 3.80. The highest BCUT2D eigenvalue weighted by Gasteiger charge is 2.35. The summed E-state index contributed by atoms with van der Waals surface area (Å²) in [7, 11) is 0. The molecule has 1 aromatic rings. The number of hydrogen-bond acceptors (Lipinski definition) is 2. The molecule has 1 aromatic carbocycles. The van der Waals surface area contributed by atoms with Crippen LogP contribution in [0.25, 0.3) is 0 Å². The molecule has 0 unspecified atom stereocenters. The minimum Gasteiger partial charge on any atom is -0.481 e. The summed E-state index contributed by atoms with van der Waals surface area (Å²) >= 11 is 0. The zero-order valence-corrected chi connectivity index (χ0v) is 11.4. The van der Waals surface area contributed by atoms with E-state index in [-0.39, 0.29) is 5.69 Å². The van der Waals surface area contributed by atoms with Gasteiger partial charge in [-0.2, -0.15) is 0 Å².